The molecule has 4 rings (SSSR count). The zero-order chi connectivity index (χ0) is 20.4. The summed E-state index contributed by atoms with van der Waals surface area (Å²) < 4.78 is 19.9. The largest absolute Gasteiger partial charge is 0.472 e. The van der Waals surface area contributed by atoms with Crippen molar-refractivity contribution in [1.82, 2.24) is 14.8 Å². The number of urea groups is 1. The molecule has 0 bridgehead atoms. The van der Waals surface area contributed by atoms with Crippen LogP contribution >= 0.6 is 0 Å². The van der Waals surface area contributed by atoms with Gasteiger partial charge in [-0.1, -0.05) is 18.2 Å². The molecule has 0 aliphatic carbocycles. The van der Waals surface area contributed by atoms with Gasteiger partial charge in [0.15, 0.2) is 0 Å². The van der Waals surface area contributed by atoms with Crippen LogP contribution < -0.4 is 9.64 Å². The number of rotatable bonds is 5. The molecular weight excluding hydrogens is 375 g/mol. The van der Waals surface area contributed by atoms with Crippen molar-refractivity contribution in [3.8, 4) is 5.88 Å². The molecule has 1 aromatic carbocycles. The van der Waals surface area contributed by atoms with E-state index in [-0.39, 0.29) is 30.3 Å². The number of pyridine rings is 1. The van der Waals surface area contributed by atoms with E-state index in [1.807, 2.05) is 19.1 Å². The summed E-state index contributed by atoms with van der Waals surface area (Å²) in [7, 11) is 0. The molecule has 0 saturated carbocycles. The van der Waals surface area contributed by atoms with Crippen molar-refractivity contribution >= 4 is 17.6 Å². The zero-order valence-electron chi connectivity index (χ0n) is 16.3. The molecular formula is C21H23FN4O3. The first-order chi connectivity index (χ1) is 14.0. The van der Waals surface area contributed by atoms with Gasteiger partial charge in [-0.3, -0.25) is 9.69 Å². The predicted octanol–water partition coefficient (Wildman–Crippen LogP) is 2.45. The van der Waals surface area contributed by atoms with Crippen LogP contribution in [0, 0.1) is 12.7 Å². The molecule has 2 aromatic rings. The summed E-state index contributed by atoms with van der Waals surface area (Å²) in [6, 6.07) is 11.4. The van der Waals surface area contributed by atoms with E-state index in [0.29, 0.717) is 32.1 Å². The lowest BCUT2D eigenvalue weighted by molar-refractivity contribution is -0.130. The monoisotopic (exact) mass is 398 g/mol. The number of carbonyl (C=O) groups excluding carboxylic acids is 2. The minimum Gasteiger partial charge on any atom is -0.472 e. The van der Waals surface area contributed by atoms with Crippen molar-refractivity contribution in [1.29, 1.82) is 0 Å². The maximum Gasteiger partial charge on any atom is 0.325 e. The summed E-state index contributed by atoms with van der Waals surface area (Å²) >= 11 is 0. The van der Waals surface area contributed by atoms with E-state index in [2.05, 4.69) is 4.98 Å². The number of para-hydroxylation sites is 1. The summed E-state index contributed by atoms with van der Waals surface area (Å²) in [5.74, 6) is -0.0186. The molecule has 3 amide bonds. The lowest BCUT2D eigenvalue weighted by Crippen LogP contribution is -2.42. The SMILES string of the molecule is Cc1cccc(O[C@H]2CCN(C(=O)CN3CCN(c4ccccc4F)C3=O)C2)n1. The van der Waals surface area contributed by atoms with Crippen LogP contribution in [0.5, 0.6) is 5.88 Å². The highest BCUT2D eigenvalue weighted by molar-refractivity contribution is 5.96. The molecule has 2 fully saturated rings. The molecule has 1 atom stereocenters. The van der Waals surface area contributed by atoms with Crippen LogP contribution in [0.25, 0.3) is 0 Å². The molecule has 0 N–H and O–H groups in total. The first-order valence-electron chi connectivity index (χ1n) is 9.70. The van der Waals surface area contributed by atoms with Gasteiger partial charge in [0.1, 0.15) is 18.5 Å². The Morgan fingerprint density at radius 1 is 1.17 bits per heavy atom. The first kappa shape index (κ1) is 19.2. The number of hydrogen-bond acceptors (Lipinski definition) is 4. The Morgan fingerprint density at radius 3 is 2.79 bits per heavy atom. The minimum absolute atomic E-state index is 0.0147. The second-order valence-electron chi connectivity index (χ2n) is 7.29. The van der Waals surface area contributed by atoms with Crippen LogP contribution in [0.4, 0.5) is 14.9 Å². The Labute approximate surface area is 168 Å². The Kier molecular flexibility index (Phi) is 5.33. The number of benzene rings is 1. The van der Waals surface area contributed by atoms with Crippen molar-refractivity contribution in [3.63, 3.8) is 0 Å². The van der Waals surface area contributed by atoms with Gasteiger partial charge in [0, 0.05) is 37.8 Å². The first-order valence-corrected chi connectivity index (χ1v) is 9.70. The van der Waals surface area contributed by atoms with Gasteiger partial charge >= 0.3 is 6.03 Å². The van der Waals surface area contributed by atoms with Gasteiger partial charge in [-0.05, 0) is 25.1 Å². The summed E-state index contributed by atoms with van der Waals surface area (Å²) in [6.07, 6.45) is 0.605. The second kappa shape index (κ2) is 8.06. The van der Waals surface area contributed by atoms with E-state index in [9.17, 15) is 14.0 Å². The standard InChI is InChI=1S/C21H23FN4O3/c1-15-5-4-8-19(23-15)29-16-9-10-24(13-16)20(27)14-25-11-12-26(21(25)28)18-7-3-2-6-17(18)22/h2-8,16H,9-14H2,1H3/t16-/m0/s1. The Morgan fingerprint density at radius 2 is 2.00 bits per heavy atom. The fourth-order valence-electron chi connectivity index (χ4n) is 3.69. The Bertz CT molecular complexity index is 922. The van der Waals surface area contributed by atoms with E-state index in [1.165, 1.54) is 15.9 Å². The van der Waals surface area contributed by atoms with Crippen molar-refractivity contribution in [2.24, 2.45) is 0 Å². The highest BCUT2D eigenvalue weighted by Crippen LogP contribution is 2.24. The maximum absolute atomic E-state index is 14.0. The fraction of sp³-hybridized carbons (Fsp3) is 0.381. The quantitative estimate of drug-likeness (QED) is 0.776. The van der Waals surface area contributed by atoms with Gasteiger partial charge in [-0.15, -0.1) is 0 Å². The molecule has 2 aliphatic rings. The maximum atomic E-state index is 14.0. The number of nitrogens with zero attached hydrogens (tertiary/aromatic N) is 4. The number of anilines is 1. The average Bonchev–Trinajstić information content (AvgIpc) is 3.30. The van der Waals surface area contributed by atoms with Gasteiger partial charge in [-0.2, -0.15) is 0 Å². The van der Waals surface area contributed by atoms with Crippen molar-refractivity contribution < 1.29 is 18.7 Å². The minimum atomic E-state index is -0.446. The number of likely N-dealkylation sites (tertiary alicyclic amines) is 1. The lowest BCUT2D eigenvalue weighted by atomic mass is 10.3. The van der Waals surface area contributed by atoms with Crippen LogP contribution in [0.2, 0.25) is 0 Å². The smallest absolute Gasteiger partial charge is 0.325 e. The number of halogens is 1. The van der Waals surface area contributed by atoms with Crippen LogP contribution in [0.15, 0.2) is 42.5 Å². The van der Waals surface area contributed by atoms with Crippen LogP contribution in [-0.2, 0) is 4.79 Å². The summed E-state index contributed by atoms with van der Waals surface area (Å²) in [5, 5.41) is 0. The molecule has 7 nitrogen and oxygen atoms in total. The Hall–Kier alpha value is -3.16. The third-order valence-electron chi connectivity index (χ3n) is 5.21. The van der Waals surface area contributed by atoms with Gasteiger partial charge in [0.2, 0.25) is 11.8 Å². The van der Waals surface area contributed by atoms with Crippen molar-refractivity contribution in [3.05, 3.63) is 54.0 Å². The number of carbonyl (C=O) groups is 2. The van der Waals surface area contributed by atoms with E-state index in [0.717, 1.165) is 12.1 Å². The highest BCUT2D eigenvalue weighted by Gasteiger charge is 2.35. The van der Waals surface area contributed by atoms with Crippen LogP contribution in [0.3, 0.4) is 0 Å². The summed E-state index contributed by atoms with van der Waals surface area (Å²) in [4.78, 5) is 34.2. The molecule has 29 heavy (non-hydrogen) atoms. The summed E-state index contributed by atoms with van der Waals surface area (Å²) in [5.41, 5.74) is 1.12. The molecule has 0 spiro atoms. The highest BCUT2D eigenvalue weighted by atomic mass is 19.1. The van der Waals surface area contributed by atoms with E-state index < -0.39 is 5.82 Å². The van der Waals surface area contributed by atoms with E-state index >= 15 is 0 Å². The molecule has 8 heteroatoms. The normalized spacial score (nSPS) is 19.2. The molecule has 1 aromatic heterocycles. The second-order valence-corrected chi connectivity index (χ2v) is 7.29. The zero-order valence-corrected chi connectivity index (χ0v) is 16.3. The Balaban J connectivity index is 1.32. The fourth-order valence-corrected chi connectivity index (χ4v) is 3.69. The van der Waals surface area contributed by atoms with Gasteiger partial charge in [0.05, 0.1) is 12.2 Å². The molecule has 2 aliphatic heterocycles. The lowest BCUT2D eigenvalue weighted by Gasteiger charge is -2.22. The molecule has 2 saturated heterocycles. The molecule has 3 heterocycles. The van der Waals surface area contributed by atoms with Crippen molar-refractivity contribution in [2.75, 3.05) is 37.6 Å². The molecule has 152 valence electrons. The average molecular weight is 398 g/mol. The number of ether oxygens (including phenoxy) is 1. The molecule has 0 unspecified atom stereocenters. The van der Waals surface area contributed by atoms with E-state index in [1.54, 1.807) is 29.2 Å². The number of aromatic nitrogens is 1. The van der Waals surface area contributed by atoms with Gasteiger partial charge in [-0.25, -0.2) is 14.2 Å². The third-order valence-corrected chi connectivity index (χ3v) is 5.21. The van der Waals surface area contributed by atoms with Gasteiger partial charge in [0.25, 0.3) is 0 Å². The third kappa shape index (κ3) is 4.16. The summed E-state index contributed by atoms with van der Waals surface area (Å²) in [6.45, 7) is 3.67. The number of aryl methyl sites for hydroxylation is 1. The van der Waals surface area contributed by atoms with Crippen molar-refractivity contribution in [2.45, 2.75) is 19.4 Å². The van der Waals surface area contributed by atoms with Crippen LogP contribution in [-0.4, -0.2) is 65.5 Å². The predicted molar refractivity (Wildman–Crippen MR) is 105 cm³/mol. The number of hydrogen-bond donors (Lipinski definition) is 0. The topological polar surface area (TPSA) is 66.0 Å². The van der Waals surface area contributed by atoms with Gasteiger partial charge < -0.3 is 14.5 Å². The van der Waals surface area contributed by atoms with Crippen LogP contribution in [0.1, 0.15) is 12.1 Å². The molecule has 0 radical (unpaired) electrons. The number of amides is 3. The van der Waals surface area contributed by atoms with E-state index in [4.69, 9.17) is 4.74 Å².